The van der Waals surface area contributed by atoms with E-state index in [4.69, 9.17) is 15.7 Å². The molecular formula is C8H16N4O3. The molecule has 1 heterocycles. The summed E-state index contributed by atoms with van der Waals surface area (Å²) in [5.74, 6) is -0.0344. The number of carbonyl (C=O) groups is 1. The van der Waals surface area contributed by atoms with Crippen LogP contribution in [-0.4, -0.2) is 42.4 Å². The quantitative estimate of drug-likeness (QED) is 0.214. The zero-order chi connectivity index (χ0) is 11.3. The molecule has 5 N–H and O–H groups in total. The average Bonchev–Trinajstić information content (AvgIpc) is 2.68. The molecule has 7 heteroatoms. The predicted octanol–water partition coefficient (Wildman–Crippen LogP) is -0.791. The van der Waals surface area contributed by atoms with E-state index >= 15 is 0 Å². The lowest BCUT2D eigenvalue weighted by Gasteiger charge is -2.15. The van der Waals surface area contributed by atoms with Gasteiger partial charge in [-0.2, -0.15) is 0 Å². The van der Waals surface area contributed by atoms with Gasteiger partial charge in [-0.15, -0.1) is 0 Å². The number of hydrogen-bond acceptors (Lipinski definition) is 4. The van der Waals surface area contributed by atoms with Crippen LogP contribution in [0, 0.1) is 0 Å². The molecule has 0 spiro atoms. The molecule has 2 unspecified atom stereocenters. The summed E-state index contributed by atoms with van der Waals surface area (Å²) in [6.45, 7) is 2.83. The predicted molar refractivity (Wildman–Crippen MR) is 53.8 cm³/mol. The van der Waals surface area contributed by atoms with Gasteiger partial charge in [0.05, 0.1) is 18.7 Å². The first kappa shape index (κ1) is 11.6. The molecule has 0 aliphatic carbocycles. The number of ether oxygens (including phenoxy) is 1. The van der Waals surface area contributed by atoms with Crippen molar-refractivity contribution in [2.24, 2.45) is 10.9 Å². The second-order valence-electron chi connectivity index (χ2n) is 3.42. The van der Waals surface area contributed by atoms with Crippen molar-refractivity contribution in [1.29, 1.82) is 0 Å². The molecule has 15 heavy (non-hydrogen) atoms. The summed E-state index contributed by atoms with van der Waals surface area (Å²) in [5.41, 5.74) is 5.31. The molecular weight excluding hydrogens is 200 g/mol. The summed E-state index contributed by atoms with van der Waals surface area (Å²) in [4.78, 5) is 11.4. The Balaban J connectivity index is 2.28. The molecule has 1 saturated heterocycles. The minimum atomic E-state index is -0.502. The molecule has 0 saturated carbocycles. The minimum absolute atomic E-state index is 0.0344. The molecule has 2 amide bonds. The first-order chi connectivity index (χ1) is 7.13. The van der Waals surface area contributed by atoms with E-state index in [1.54, 1.807) is 6.92 Å². The summed E-state index contributed by atoms with van der Waals surface area (Å²) >= 11 is 0. The van der Waals surface area contributed by atoms with Crippen molar-refractivity contribution in [2.45, 2.75) is 25.4 Å². The fourth-order valence-electron chi connectivity index (χ4n) is 1.23. The molecule has 2 atom stereocenters. The highest BCUT2D eigenvalue weighted by atomic mass is 16.5. The summed E-state index contributed by atoms with van der Waals surface area (Å²) in [5, 5.41) is 16.4. The van der Waals surface area contributed by atoms with Gasteiger partial charge in [-0.1, -0.05) is 5.16 Å². The number of amidine groups is 1. The molecule has 1 aliphatic rings. The minimum Gasteiger partial charge on any atom is -0.409 e. The van der Waals surface area contributed by atoms with Gasteiger partial charge in [0.2, 0.25) is 0 Å². The smallest absolute Gasteiger partial charge is 0.315 e. The first-order valence-electron chi connectivity index (χ1n) is 4.75. The number of rotatable bonds is 3. The van der Waals surface area contributed by atoms with Gasteiger partial charge in [-0.05, 0) is 13.3 Å². The van der Waals surface area contributed by atoms with Gasteiger partial charge in [0.25, 0.3) is 0 Å². The maximum Gasteiger partial charge on any atom is 0.315 e. The molecule has 0 radical (unpaired) electrons. The molecule has 1 rings (SSSR count). The van der Waals surface area contributed by atoms with Crippen molar-refractivity contribution in [1.82, 2.24) is 10.6 Å². The van der Waals surface area contributed by atoms with E-state index in [2.05, 4.69) is 15.8 Å². The second-order valence-corrected chi connectivity index (χ2v) is 3.42. The average molecular weight is 216 g/mol. The van der Waals surface area contributed by atoms with E-state index in [-0.39, 0.29) is 17.9 Å². The Labute approximate surface area is 87.6 Å². The summed E-state index contributed by atoms with van der Waals surface area (Å²) < 4.78 is 5.10. The van der Waals surface area contributed by atoms with Crippen LogP contribution in [0.2, 0.25) is 0 Å². The molecule has 0 aromatic heterocycles. The van der Waals surface area contributed by atoms with Crippen LogP contribution >= 0.6 is 0 Å². The lowest BCUT2D eigenvalue weighted by Crippen LogP contribution is -2.49. The number of hydrogen-bond donors (Lipinski definition) is 4. The van der Waals surface area contributed by atoms with Crippen molar-refractivity contribution in [3.8, 4) is 0 Å². The van der Waals surface area contributed by atoms with Crippen molar-refractivity contribution in [3.05, 3.63) is 0 Å². The largest absolute Gasteiger partial charge is 0.409 e. The molecule has 0 bridgehead atoms. The van der Waals surface area contributed by atoms with Crippen LogP contribution < -0.4 is 16.4 Å². The van der Waals surface area contributed by atoms with Crippen molar-refractivity contribution in [2.75, 3.05) is 13.2 Å². The van der Waals surface area contributed by atoms with Crippen LogP contribution in [0.1, 0.15) is 13.3 Å². The van der Waals surface area contributed by atoms with E-state index < -0.39 is 6.04 Å². The Morgan fingerprint density at radius 2 is 2.47 bits per heavy atom. The fourth-order valence-corrected chi connectivity index (χ4v) is 1.23. The highest BCUT2D eigenvalue weighted by Gasteiger charge is 2.19. The second kappa shape index (κ2) is 5.40. The van der Waals surface area contributed by atoms with Gasteiger partial charge < -0.3 is 26.3 Å². The summed E-state index contributed by atoms with van der Waals surface area (Å²) in [6.07, 6.45) is 0.811. The summed E-state index contributed by atoms with van der Waals surface area (Å²) in [7, 11) is 0. The third-order valence-corrected chi connectivity index (χ3v) is 2.17. The van der Waals surface area contributed by atoms with Crippen molar-refractivity contribution < 1.29 is 14.7 Å². The number of urea groups is 1. The maximum absolute atomic E-state index is 11.4. The summed E-state index contributed by atoms with van der Waals surface area (Å²) in [6, 6.07) is -0.800. The highest BCUT2D eigenvalue weighted by molar-refractivity contribution is 5.89. The van der Waals surface area contributed by atoms with Crippen LogP contribution in [-0.2, 0) is 4.74 Å². The number of nitrogens with one attached hydrogen (secondary N) is 2. The van der Waals surface area contributed by atoms with E-state index in [1.165, 1.54) is 0 Å². The molecule has 1 fully saturated rings. The lowest BCUT2D eigenvalue weighted by molar-refractivity contribution is 0.188. The Morgan fingerprint density at radius 1 is 1.73 bits per heavy atom. The Kier molecular flexibility index (Phi) is 4.17. The third-order valence-electron chi connectivity index (χ3n) is 2.17. The Bertz CT molecular complexity index is 250. The van der Waals surface area contributed by atoms with Gasteiger partial charge in [0.15, 0.2) is 5.84 Å². The standard InChI is InChI=1S/C8H16N4O3/c1-5(7(9)12-14)10-8(13)11-6-2-3-15-4-6/h5-6,14H,2-4H2,1H3,(H2,9,12)(H2,10,11,13). The Hall–Kier alpha value is -1.50. The topological polar surface area (TPSA) is 109 Å². The van der Waals surface area contributed by atoms with Crippen LogP contribution in [0.25, 0.3) is 0 Å². The number of nitrogens with two attached hydrogens (primary N) is 1. The van der Waals surface area contributed by atoms with Crippen molar-refractivity contribution in [3.63, 3.8) is 0 Å². The molecule has 0 aromatic rings. The lowest BCUT2D eigenvalue weighted by atomic mass is 10.2. The monoisotopic (exact) mass is 216 g/mol. The van der Waals surface area contributed by atoms with Crippen LogP contribution in [0.5, 0.6) is 0 Å². The molecule has 86 valence electrons. The molecule has 7 nitrogen and oxygen atoms in total. The van der Waals surface area contributed by atoms with Crippen molar-refractivity contribution >= 4 is 11.9 Å². The van der Waals surface area contributed by atoms with Gasteiger partial charge in [-0.25, -0.2) is 4.79 Å². The number of nitrogens with zero attached hydrogens (tertiary/aromatic N) is 1. The van der Waals surface area contributed by atoms with E-state index in [1.807, 2.05) is 0 Å². The van der Waals surface area contributed by atoms with Gasteiger partial charge in [0.1, 0.15) is 0 Å². The number of carbonyl (C=O) groups excluding carboxylic acids is 1. The number of amides is 2. The normalized spacial score (nSPS) is 23.5. The third kappa shape index (κ3) is 3.62. The van der Waals surface area contributed by atoms with Gasteiger partial charge in [-0.3, -0.25) is 0 Å². The van der Waals surface area contributed by atoms with Crippen LogP contribution in [0.4, 0.5) is 4.79 Å². The molecule has 0 aromatic carbocycles. The fraction of sp³-hybridized carbons (Fsp3) is 0.750. The molecule has 1 aliphatic heterocycles. The van der Waals surface area contributed by atoms with Crippen LogP contribution in [0.3, 0.4) is 0 Å². The maximum atomic E-state index is 11.4. The van der Waals surface area contributed by atoms with Gasteiger partial charge in [0, 0.05) is 6.61 Å². The van der Waals surface area contributed by atoms with E-state index in [0.29, 0.717) is 13.2 Å². The first-order valence-corrected chi connectivity index (χ1v) is 4.75. The zero-order valence-corrected chi connectivity index (χ0v) is 8.56. The van der Waals surface area contributed by atoms with Crippen LogP contribution in [0.15, 0.2) is 5.16 Å². The SMILES string of the molecule is CC(NC(=O)NC1CCOC1)C(N)=NO. The van der Waals surface area contributed by atoms with E-state index in [9.17, 15) is 4.79 Å². The highest BCUT2D eigenvalue weighted by Crippen LogP contribution is 2.02. The van der Waals surface area contributed by atoms with Gasteiger partial charge >= 0.3 is 6.03 Å². The Morgan fingerprint density at radius 3 is 3.00 bits per heavy atom. The van der Waals surface area contributed by atoms with E-state index in [0.717, 1.165) is 6.42 Å². The zero-order valence-electron chi connectivity index (χ0n) is 8.56. The number of oxime groups is 1.